The zero-order chi connectivity index (χ0) is 21.5. The molecule has 3 atom stereocenters. The molecule has 0 saturated carbocycles. The third-order valence-corrected chi connectivity index (χ3v) is 4.99. The predicted molar refractivity (Wildman–Crippen MR) is 112 cm³/mol. The van der Waals surface area contributed by atoms with E-state index in [1.807, 2.05) is 24.3 Å². The van der Waals surface area contributed by atoms with Gasteiger partial charge >= 0.3 is 5.97 Å². The number of ketones is 1. The molecule has 164 valence electrons. The average molecular weight is 409 g/mol. The summed E-state index contributed by atoms with van der Waals surface area (Å²) in [6.07, 6.45) is 16.0. The van der Waals surface area contributed by atoms with Crippen LogP contribution in [0.3, 0.4) is 0 Å². The molecule has 0 spiro atoms. The van der Waals surface area contributed by atoms with Gasteiger partial charge in [0.15, 0.2) is 5.78 Å². The zero-order valence-electron chi connectivity index (χ0n) is 17.4. The maximum absolute atomic E-state index is 12.1. The number of rotatable bonds is 15. The number of carbonyl (C=O) groups excluding carboxylic acids is 2. The lowest BCUT2D eigenvalue weighted by molar-refractivity contribution is -0.153. The minimum Gasteiger partial charge on any atom is -0.457 e. The summed E-state index contributed by atoms with van der Waals surface area (Å²) in [6.45, 7) is 1.35. The summed E-state index contributed by atoms with van der Waals surface area (Å²) in [5.41, 5.74) is 0. The number of esters is 1. The molecule has 0 amide bonds. The van der Waals surface area contributed by atoms with E-state index in [4.69, 9.17) is 14.9 Å². The van der Waals surface area contributed by atoms with Crippen molar-refractivity contribution < 1.29 is 29.6 Å². The Balaban J connectivity index is 2.32. The molecule has 3 N–H and O–H groups in total. The fourth-order valence-electron chi connectivity index (χ4n) is 3.18. The van der Waals surface area contributed by atoms with Crippen LogP contribution >= 0.6 is 0 Å². The Morgan fingerprint density at radius 2 is 1.97 bits per heavy atom. The molecule has 0 heterocycles. The van der Waals surface area contributed by atoms with Gasteiger partial charge in [-0.15, -0.1) is 0 Å². The van der Waals surface area contributed by atoms with E-state index < -0.39 is 31.4 Å². The van der Waals surface area contributed by atoms with Crippen molar-refractivity contribution in [2.24, 2.45) is 11.8 Å². The molecule has 0 aromatic heterocycles. The van der Waals surface area contributed by atoms with Crippen molar-refractivity contribution in [3.05, 3.63) is 36.5 Å². The standard InChI is InChI=1S/C23H36O6/c1-2-3-6-9-19(26)14-12-18-13-15-22(27)21(18)10-7-4-5-8-11-23(28)29-20(16-24)17-25/h4,7,12-15,18-21,24-26H,2-3,5-6,8-11,16-17H2,1H3/b7-4-,14-12+/t18-,19-,21?/m0/s1. The number of hydrogen-bond donors (Lipinski definition) is 3. The van der Waals surface area contributed by atoms with Crippen LogP contribution in [0.15, 0.2) is 36.5 Å². The Bertz CT molecular complexity index is 562. The molecule has 6 heteroatoms. The van der Waals surface area contributed by atoms with Crippen molar-refractivity contribution in [2.75, 3.05) is 13.2 Å². The molecule has 0 aromatic rings. The Hall–Kier alpha value is -1.76. The first kappa shape index (κ1) is 25.3. The molecule has 0 radical (unpaired) electrons. The summed E-state index contributed by atoms with van der Waals surface area (Å²) in [4.78, 5) is 23.6. The summed E-state index contributed by atoms with van der Waals surface area (Å²) in [6, 6.07) is 0. The molecule has 0 fully saturated rings. The lowest BCUT2D eigenvalue weighted by Gasteiger charge is -2.13. The lowest BCUT2D eigenvalue weighted by atomic mass is 9.90. The predicted octanol–water partition coefficient (Wildman–Crippen LogP) is 2.87. The van der Waals surface area contributed by atoms with Crippen LogP contribution in [0.25, 0.3) is 0 Å². The van der Waals surface area contributed by atoms with E-state index in [1.165, 1.54) is 0 Å². The third kappa shape index (κ3) is 10.5. The number of aliphatic hydroxyl groups is 3. The Morgan fingerprint density at radius 1 is 1.21 bits per heavy atom. The number of unbranched alkanes of at least 4 members (excludes halogenated alkanes) is 3. The number of aliphatic hydroxyl groups excluding tert-OH is 3. The van der Waals surface area contributed by atoms with E-state index in [1.54, 1.807) is 12.2 Å². The van der Waals surface area contributed by atoms with Crippen LogP contribution in [0.1, 0.15) is 58.3 Å². The minimum atomic E-state index is -0.853. The van der Waals surface area contributed by atoms with E-state index >= 15 is 0 Å². The molecular weight excluding hydrogens is 372 g/mol. The van der Waals surface area contributed by atoms with Crippen LogP contribution in [-0.2, 0) is 14.3 Å². The highest BCUT2D eigenvalue weighted by atomic mass is 16.6. The van der Waals surface area contributed by atoms with Crippen LogP contribution in [-0.4, -0.2) is 52.5 Å². The van der Waals surface area contributed by atoms with Gasteiger partial charge in [0.1, 0.15) is 6.10 Å². The van der Waals surface area contributed by atoms with E-state index in [0.717, 1.165) is 25.7 Å². The Labute approximate surface area is 174 Å². The maximum atomic E-state index is 12.1. The van der Waals surface area contributed by atoms with Gasteiger partial charge in [0.25, 0.3) is 0 Å². The van der Waals surface area contributed by atoms with Crippen molar-refractivity contribution in [1.29, 1.82) is 0 Å². The van der Waals surface area contributed by atoms with Gasteiger partial charge in [0, 0.05) is 18.3 Å². The largest absolute Gasteiger partial charge is 0.457 e. The molecule has 1 rings (SSSR count). The van der Waals surface area contributed by atoms with Crippen LogP contribution in [0.4, 0.5) is 0 Å². The molecular formula is C23H36O6. The fourth-order valence-corrected chi connectivity index (χ4v) is 3.18. The summed E-state index contributed by atoms with van der Waals surface area (Å²) in [5, 5.41) is 27.8. The summed E-state index contributed by atoms with van der Waals surface area (Å²) in [5.74, 6) is -0.459. The Morgan fingerprint density at radius 3 is 2.66 bits per heavy atom. The minimum absolute atomic E-state index is 0.0110. The second kappa shape index (κ2) is 15.1. The van der Waals surface area contributed by atoms with Crippen molar-refractivity contribution in [3.63, 3.8) is 0 Å². The lowest BCUT2D eigenvalue weighted by Crippen LogP contribution is -2.25. The highest BCUT2D eigenvalue weighted by Crippen LogP contribution is 2.27. The first-order chi connectivity index (χ1) is 14.0. The number of allylic oxidation sites excluding steroid dienone is 5. The second-order valence-corrected chi connectivity index (χ2v) is 7.47. The van der Waals surface area contributed by atoms with Gasteiger partial charge in [-0.2, -0.15) is 0 Å². The van der Waals surface area contributed by atoms with E-state index in [2.05, 4.69) is 6.92 Å². The first-order valence-corrected chi connectivity index (χ1v) is 10.7. The molecule has 0 aliphatic heterocycles. The van der Waals surface area contributed by atoms with E-state index in [9.17, 15) is 14.7 Å². The summed E-state index contributed by atoms with van der Waals surface area (Å²) < 4.78 is 4.90. The quantitative estimate of drug-likeness (QED) is 0.219. The van der Waals surface area contributed by atoms with Crippen molar-refractivity contribution >= 4 is 11.8 Å². The smallest absolute Gasteiger partial charge is 0.306 e. The van der Waals surface area contributed by atoms with Gasteiger partial charge in [0.05, 0.1) is 19.3 Å². The topological polar surface area (TPSA) is 104 Å². The van der Waals surface area contributed by atoms with Gasteiger partial charge in [0.2, 0.25) is 0 Å². The molecule has 1 aliphatic carbocycles. The van der Waals surface area contributed by atoms with E-state index in [-0.39, 0.29) is 24.0 Å². The van der Waals surface area contributed by atoms with Crippen LogP contribution in [0, 0.1) is 11.8 Å². The van der Waals surface area contributed by atoms with Crippen molar-refractivity contribution in [1.82, 2.24) is 0 Å². The second-order valence-electron chi connectivity index (χ2n) is 7.47. The fraction of sp³-hybridized carbons (Fsp3) is 0.652. The molecule has 0 saturated heterocycles. The van der Waals surface area contributed by atoms with Gasteiger partial charge in [-0.3, -0.25) is 9.59 Å². The zero-order valence-corrected chi connectivity index (χ0v) is 17.4. The number of hydrogen-bond acceptors (Lipinski definition) is 6. The number of carbonyl (C=O) groups is 2. The van der Waals surface area contributed by atoms with Crippen LogP contribution in [0.2, 0.25) is 0 Å². The monoisotopic (exact) mass is 408 g/mol. The van der Waals surface area contributed by atoms with Gasteiger partial charge in [-0.05, 0) is 31.8 Å². The van der Waals surface area contributed by atoms with Crippen LogP contribution in [0.5, 0.6) is 0 Å². The van der Waals surface area contributed by atoms with E-state index in [0.29, 0.717) is 19.3 Å². The summed E-state index contributed by atoms with van der Waals surface area (Å²) >= 11 is 0. The molecule has 0 aromatic carbocycles. The maximum Gasteiger partial charge on any atom is 0.306 e. The van der Waals surface area contributed by atoms with Gasteiger partial charge in [-0.1, -0.05) is 56.6 Å². The molecule has 6 nitrogen and oxygen atoms in total. The highest BCUT2D eigenvalue weighted by molar-refractivity contribution is 5.95. The SMILES string of the molecule is CCCCC[C@H](O)/C=C/[C@H]1C=CC(=O)C1C/C=C\CCCC(=O)OC(CO)CO. The molecule has 1 aliphatic rings. The van der Waals surface area contributed by atoms with Crippen molar-refractivity contribution in [2.45, 2.75) is 70.5 Å². The average Bonchev–Trinajstić information content (AvgIpc) is 3.06. The Kier molecular flexibility index (Phi) is 13.2. The normalized spacial score (nSPS) is 20.4. The third-order valence-electron chi connectivity index (χ3n) is 4.99. The first-order valence-electron chi connectivity index (χ1n) is 10.7. The highest BCUT2D eigenvalue weighted by Gasteiger charge is 2.27. The van der Waals surface area contributed by atoms with Gasteiger partial charge < -0.3 is 20.1 Å². The van der Waals surface area contributed by atoms with Crippen molar-refractivity contribution in [3.8, 4) is 0 Å². The number of ether oxygens (including phenoxy) is 1. The summed E-state index contributed by atoms with van der Waals surface area (Å²) in [7, 11) is 0. The molecule has 1 unspecified atom stereocenters. The van der Waals surface area contributed by atoms with Crippen LogP contribution < -0.4 is 0 Å². The molecule has 0 bridgehead atoms. The molecule has 29 heavy (non-hydrogen) atoms. The van der Waals surface area contributed by atoms with Gasteiger partial charge in [-0.25, -0.2) is 0 Å².